The Morgan fingerprint density at radius 1 is 1.34 bits per heavy atom. The molecule has 32 heavy (non-hydrogen) atoms. The molecule has 1 aliphatic heterocycles. The molecule has 1 aromatic carbocycles. The van der Waals surface area contributed by atoms with E-state index in [1.54, 1.807) is 18.3 Å². The monoisotopic (exact) mass is 474 g/mol. The number of carbonyl (C=O) groups excluding carboxylic acids is 2. The second kappa shape index (κ2) is 8.72. The van der Waals surface area contributed by atoms with Crippen molar-refractivity contribution in [3.8, 4) is 0 Å². The minimum atomic E-state index is -1.93. The Bertz CT molecular complexity index is 1060. The van der Waals surface area contributed by atoms with E-state index in [0.717, 1.165) is 20.8 Å². The first-order valence-corrected chi connectivity index (χ1v) is 14.6. The molecular formula is C24H34N2O4SSi. The largest absolute Gasteiger partial charge is 0.467 e. The Morgan fingerprint density at radius 3 is 2.53 bits per heavy atom. The molecule has 2 aromatic rings. The molecule has 8 heteroatoms. The fraction of sp³-hybridized carbons (Fsp3) is 0.542. The molecule has 1 amide bonds. The predicted molar refractivity (Wildman–Crippen MR) is 131 cm³/mol. The Hall–Kier alpha value is -2.03. The van der Waals surface area contributed by atoms with E-state index in [0.29, 0.717) is 12.1 Å². The predicted octanol–water partition coefficient (Wildman–Crippen LogP) is 5.42. The maximum atomic E-state index is 13.0. The Labute approximate surface area is 195 Å². The number of carbonyl (C=O) groups is 2. The van der Waals surface area contributed by atoms with Crippen molar-refractivity contribution in [3.63, 3.8) is 0 Å². The van der Waals surface area contributed by atoms with Crippen molar-refractivity contribution in [2.24, 2.45) is 0 Å². The molecule has 3 atom stereocenters. The molecule has 6 nitrogen and oxygen atoms in total. The average Bonchev–Trinajstić information content (AvgIpc) is 3.13. The second-order valence-electron chi connectivity index (χ2n) is 10.1. The van der Waals surface area contributed by atoms with Crippen LogP contribution in [-0.2, 0) is 18.8 Å². The minimum absolute atomic E-state index is 0.101. The van der Waals surface area contributed by atoms with Crippen LogP contribution in [0.2, 0.25) is 18.1 Å². The van der Waals surface area contributed by atoms with Crippen LogP contribution in [0.15, 0.2) is 30.4 Å². The van der Waals surface area contributed by atoms with Gasteiger partial charge in [-0.3, -0.25) is 4.79 Å². The smallest absolute Gasteiger partial charge is 0.332 e. The number of benzene rings is 1. The maximum absolute atomic E-state index is 13.0. The van der Waals surface area contributed by atoms with Crippen LogP contribution in [0.3, 0.4) is 0 Å². The zero-order valence-corrected chi connectivity index (χ0v) is 22.1. The summed E-state index contributed by atoms with van der Waals surface area (Å²) in [5, 5.41) is 1.04. The molecule has 0 saturated carbocycles. The summed E-state index contributed by atoms with van der Waals surface area (Å²) in [5.74, 6) is -0.886. The van der Waals surface area contributed by atoms with E-state index in [9.17, 15) is 9.59 Å². The number of aromatic nitrogens is 1. The van der Waals surface area contributed by atoms with Gasteiger partial charge in [0, 0.05) is 6.54 Å². The SMILES string of the molecule is C=C(C)C(C(=O)OC)N1C[C@H](c2cccc3sc([C@@H](C)O[Si](C)(C)C(C)(C)C)nc23)C1=O. The van der Waals surface area contributed by atoms with Crippen LogP contribution < -0.4 is 0 Å². The van der Waals surface area contributed by atoms with Crippen LogP contribution in [0, 0.1) is 0 Å². The van der Waals surface area contributed by atoms with Crippen LogP contribution in [0.25, 0.3) is 10.2 Å². The Kier molecular flexibility index (Phi) is 6.71. The molecule has 1 aromatic heterocycles. The molecule has 174 valence electrons. The van der Waals surface area contributed by atoms with Gasteiger partial charge in [-0.05, 0) is 49.2 Å². The lowest BCUT2D eigenvalue weighted by Gasteiger charge is -2.42. The van der Waals surface area contributed by atoms with Crippen molar-refractivity contribution in [3.05, 3.63) is 40.9 Å². The normalized spacial score (nSPS) is 18.9. The van der Waals surface area contributed by atoms with E-state index < -0.39 is 20.3 Å². The van der Waals surface area contributed by atoms with Gasteiger partial charge in [0.05, 0.1) is 29.3 Å². The zero-order valence-electron chi connectivity index (χ0n) is 20.3. The number of ether oxygens (including phenoxy) is 1. The molecule has 1 fully saturated rings. The molecule has 0 N–H and O–H groups in total. The van der Waals surface area contributed by atoms with E-state index >= 15 is 0 Å². The molecule has 0 bridgehead atoms. The number of hydrogen-bond acceptors (Lipinski definition) is 6. The van der Waals surface area contributed by atoms with Gasteiger partial charge in [0.15, 0.2) is 14.4 Å². The van der Waals surface area contributed by atoms with Crippen LogP contribution in [0.5, 0.6) is 0 Å². The lowest BCUT2D eigenvalue weighted by Crippen LogP contribution is -2.58. The molecule has 1 unspecified atom stereocenters. The number of hydrogen-bond donors (Lipinski definition) is 0. The van der Waals surface area contributed by atoms with Gasteiger partial charge in [0.2, 0.25) is 5.91 Å². The van der Waals surface area contributed by atoms with Crippen LogP contribution in [0.4, 0.5) is 0 Å². The molecule has 1 aliphatic rings. The maximum Gasteiger partial charge on any atom is 0.332 e. The number of nitrogens with zero attached hydrogens (tertiary/aromatic N) is 2. The van der Waals surface area contributed by atoms with Crippen molar-refractivity contribution in [1.82, 2.24) is 9.88 Å². The van der Waals surface area contributed by atoms with Gasteiger partial charge in [-0.1, -0.05) is 39.5 Å². The topological polar surface area (TPSA) is 68.7 Å². The average molecular weight is 475 g/mol. The number of rotatable bonds is 7. The molecule has 3 rings (SSSR count). The standard InChI is InChI=1S/C24H34N2O4SSi/c1-14(2)20(23(28)29-7)26-13-17(22(26)27)16-11-10-12-18-19(16)25-21(31-18)15(3)30-32(8,9)24(4,5)6/h10-12,15,17,20H,1,13H2,2-9H3/t15-,17-,20?/m1/s1. The van der Waals surface area contributed by atoms with Crippen LogP contribution in [-0.4, -0.2) is 49.8 Å². The molecule has 0 radical (unpaired) electrons. The van der Waals surface area contributed by atoms with E-state index in [2.05, 4.69) is 47.4 Å². The quantitative estimate of drug-likeness (QED) is 0.232. The highest BCUT2D eigenvalue weighted by Crippen LogP contribution is 2.42. The summed E-state index contributed by atoms with van der Waals surface area (Å²) < 4.78 is 12.5. The summed E-state index contributed by atoms with van der Waals surface area (Å²) in [7, 11) is -0.611. The highest BCUT2D eigenvalue weighted by atomic mass is 32.1. The first-order valence-electron chi connectivity index (χ1n) is 10.9. The highest BCUT2D eigenvalue weighted by molar-refractivity contribution is 7.18. The zero-order chi connectivity index (χ0) is 24.0. The molecule has 1 saturated heterocycles. The number of β-lactam (4-membered cyclic amide) rings is 1. The summed E-state index contributed by atoms with van der Waals surface area (Å²) in [4.78, 5) is 31.6. The molecular weight excluding hydrogens is 440 g/mol. The van der Waals surface area contributed by atoms with Crippen molar-refractivity contribution < 1.29 is 18.8 Å². The van der Waals surface area contributed by atoms with Gasteiger partial charge in [0.25, 0.3) is 0 Å². The van der Waals surface area contributed by atoms with Crippen LogP contribution in [0.1, 0.15) is 57.2 Å². The molecule has 2 heterocycles. The third kappa shape index (κ3) is 4.40. The van der Waals surface area contributed by atoms with Gasteiger partial charge >= 0.3 is 5.97 Å². The number of para-hydroxylation sites is 1. The summed E-state index contributed by atoms with van der Waals surface area (Å²) in [6, 6.07) is 5.21. The first kappa shape index (κ1) is 24.6. The fourth-order valence-corrected chi connectivity index (χ4v) is 6.15. The lowest BCUT2D eigenvalue weighted by molar-refractivity contribution is -0.158. The van der Waals surface area contributed by atoms with Gasteiger partial charge in [0.1, 0.15) is 5.01 Å². The summed E-state index contributed by atoms with van der Waals surface area (Å²) >= 11 is 1.62. The third-order valence-corrected chi connectivity index (χ3v) is 12.4. The van der Waals surface area contributed by atoms with Gasteiger partial charge < -0.3 is 14.1 Å². The van der Waals surface area contributed by atoms with Gasteiger partial charge in [-0.25, -0.2) is 9.78 Å². The highest BCUT2D eigenvalue weighted by Gasteiger charge is 2.46. The number of amides is 1. The van der Waals surface area contributed by atoms with E-state index in [1.807, 2.05) is 18.2 Å². The van der Waals surface area contributed by atoms with Crippen molar-refractivity contribution >= 4 is 41.7 Å². The van der Waals surface area contributed by atoms with Crippen molar-refractivity contribution in [2.75, 3.05) is 13.7 Å². The summed E-state index contributed by atoms with van der Waals surface area (Å²) in [6.07, 6.45) is -0.109. The third-order valence-electron chi connectivity index (χ3n) is 6.63. The van der Waals surface area contributed by atoms with E-state index in [-0.39, 0.29) is 23.0 Å². The Morgan fingerprint density at radius 2 is 2.00 bits per heavy atom. The second-order valence-corrected chi connectivity index (χ2v) is 15.9. The summed E-state index contributed by atoms with van der Waals surface area (Å²) in [6.45, 7) is 19.2. The van der Waals surface area contributed by atoms with Crippen LogP contribution >= 0.6 is 11.3 Å². The van der Waals surface area contributed by atoms with E-state index in [1.165, 1.54) is 12.0 Å². The minimum Gasteiger partial charge on any atom is -0.467 e. The number of likely N-dealkylation sites (tertiary alicyclic amines) is 1. The summed E-state index contributed by atoms with van der Waals surface area (Å²) in [5.41, 5.74) is 2.34. The van der Waals surface area contributed by atoms with E-state index in [4.69, 9.17) is 14.1 Å². The van der Waals surface area contributed by atoms with Gasteiger partial charge in [-0.15, -0.1) is 11.3 Å². The first-order chi connectivity index (χ1) is 14.8. The number of esters is 1. The van der Waals surface area contributed by atoms with Gasteiger partial charge in [-0.2, -0.15) is 0 Å². The number of fused-ring (bicyclic) bond motifs is 1. The Balaban J connectivity index is 1.86. The van der Waals surface area contributed by atoms with Crippen molar-refractivity contribution in [1.29, 1.82) is 0 Å². The van der Waals surface area contributed by atoms with Crippen molar-refractivity contribution in [2.45, 2.75) is 70.8 Å². The number of thiazole rings is 1. The molecule has 0 spiro atoms. The number of methoxy groups -OCH3 is 1. The fourth-order valence-electron chi connectivity index (χ4n) is 3.73. The molecule has 0 aliphatic carbocycles. The lowest BCUT2D eigenvalue weighted by atomic mass is 9.87.